The van der Waals surface area contributed by atoms with E-state index < -0.39 is 0 Å². The van der Waals surface area contributed by atoms with E-state index in [0.717, 1.165) is 37.9 Å². The average molecular weight is 836 g/mol. The van der Waals surface area contributed by atoms with Gasteiger partial charge >= 0.3 is 0 Å². The number of hydrogen-bond acceptors (Lipinski definition) is 6. The third-order valence-corrected chi connectivity index (χ3v) is 10.6. The summed E-state index contributed by atoms with van der Waals surface area (Å²) in [7, 11) is 1.76. The van der Waals surface area contributed by atoms with Crippen molar-refractivity contribution >= 4 is 12.9 Å². The highest BCUT2D eigenvalue weighted by molar-refractivity contribution is 5.37. The Morgan fingerprint density at radius 1 is 0.508 bits per heavy atom. The smallest absolute Gasteiger partial charge is 0.293 e. The van der Waals surface area contributed by atoms with Crippen molar-refractivity contribution in [2.75, 3.05) is 33.4 Å². The number of carbonyl (C=O) groups excluding carboxylic acids is 2. The van der Waals surface area contributed by atoms with Crippen LogP contribution in [0.4, 0.5) is 0 Å². The molecule has 0 aromatic heterocycles. The van der Waals surface area contributed by atoms with E-state index in [9.17, 15) is 9.59 Å². The highest BCUT2D eigenvalue weighted by atomic mass is 16.5. The van der Waals surface area contributed by atoms with Crippen molar-refractivity contribution < 1.29 is 23.8 Å². The molecule has 0 spiro atoms. The largest absolute Gasteiger partial charge is 0.497 e. The molecule has 6 heteroatoms. The Hall–Kier alpha value is -2.08. The molecule has 0 aliphatic carbocycles. The molecule has 0 bridgehead atoms. The maximum absolute atomic E-state index is 10.5. The first-order chi connectivity index (χ1) is 29.0. The number of nitrogens with zero attached hydrogens (tertiary/aromatic N) is 1. The first kappa shape index (κ1) is 63.6. The third-order valence-electron chi connectivity index (χ3n) is 10.6. The molecule has 0 radical (unpaired) electrons. The van der Waals surface area contributed by atoms with Gasteiger partial charge < -0.3 is 19.1 Å². The van der Waals surface area contributed by atoms with Crippen LogP contribution in [0.1, 0.15) is 253 Å². The summed E-state index contributed by atoms with van der Waals surface area (Å²) in [4.78, 5) is 22.9. The Kier molecular flexibility index (Phi) is 67.4. The van der Waals surface area contributed by atoms with Crippen LogP contribution in [-0.2, 0) is 23.8 Å². The number of allylic oxidation sites excluding steroid dienone is 2. The SMILES string of the molecule is C=C.CC/C=C(\C=C/CCN(CCCCCCCC)CCCCCCCC)OC.CCCCCCCCC(CCCCCCCC)OC=O.CCCCCCCOC=O. The van der Waals surface area contributed by atoms with Crippen LogP contribution in [0.5, 0.6) is 0 Å². The van der Waals surface area contributed by atoms with E-state index in [1.54, 1.807) is 7.11 Å². The standard InChI is InChI=1S/C25H49NO.C18H36O2.C8H16O2.C2H4/c1-5-8-10-12-14-17-22-26(23-18-15-13-11-9-6-2)24-19-16-21-25(27-4)20-7-3;1-3-5-7-9-11-13-15-18(20-17-19)16-14-12-10-8-6-4-2;1-2-3-4-5-6-7-10-8-9;1-2/h16,20-21H,5-15,17-19,22-24H2,1-4H3;17-18H,3-16H2,1-2H3;8H,2-7H2,1H3;1-2H2/b21-16-,25-20+;;;. The molecule has 0 saturated heterocycles. The lowest BCUT2D eigenvalue weighted by molar-refractivity contribution is -0.134. The minimum atomic E-state index is 0.171. The van der Waals surface area contributed by atoms with Gasteiger partial charge in [0.2, 0.25) is 0 Å². The van der Waals surface area contributed by atoms with Crippen LogP contribution in [-0.4, -0.2) is 57.3 Å². The second-order valence-electron chi connectivity index (χ2n) is 16.1. The molecule has 0 heterocycles. The van der Waals surface area contributed by atoms with E-state index in [0.29, 0.717) is 19.6 Å². The highest BCUT2D eigenvalue weighted by Gasteiger charge is 2.09. The van der Waals surface area contributed by atoms with Gasteiger partial charge in [-0.2, -0.15) is 0 Å². The van der Waals surface area contributed by atoms with Gasteiger partial charge in [0.05, 0.1) is 13.7 Å². The van der Waals surface area contributed by atoms with Crippen LogP contribution in [0.2, 0.25) is 0 Å². The first-order valence-corrected chi connectivity index (χ1v) is 25.3. The molecule has 0 aliphatic rings. The predicted octanol–water partition coefficient (Wildman–Crippen LogP) is 16.9. The van der Waals surface area contributed by atoms with Crippen LogP contribution in [0.15, 0.2) is 37.1 Å². The van der Waals surface area contributed by atoms with E-state index in [2.05, 4.69) is 82.6 Å². The Labute approximate surface area is 370 Å². The molecule has 0 aromatic rings. The molecule has 6 nitrogen and oxygen atoms in total. The molecule has 0 N–H and O–H groups in total. The zero-order valence-electron chi connectivity index (χ0n) is 41.0. The monoisotopic (exact) mass is 836 g/mol. The Balaban J connectivity index is -0.000000413. The van der Waals surface area contributed by atoms with Gasteiger partial charge in [-0.05, 0) is 83.0 Å². The van der Waals surface area contributed by atoms with Crippen LogP contribution in [0, 0.1) is 0 Å². The van der Waals surface area contributed by atoms with Gasteiger partial charge in [-0.15, -0.1) is 13.2 Å². The fraction of sp³-hybridized carbons (Fsp3) is 0.849. The highest BCUT2D eigenvalue weighted by Crippen LogP contribution is 2.16. The number of ether oxygens (including phenoxy) is 3. The molecular weight excluding hydrogens is 731 g/mol. The summed E-state index contributed by atoms with van der Waals surface area (Å²) in [5.41, 5.74) is 0. The van der Waals surface area contributed by atoms with Gasteiger partial charge in [-0.1, -0.05) is 202 Å². The summed E-state index contributed by atoms with van der Waals surface area (Å²) in [6.07, 6.45) is 49.3. The van der Waals surface area contributed by atoms with Crippen molar-refractivity contribution in [1.82, 2.24) is 4.90 Å². The fourth-order valence-electron chi connectivity index (χ4n) is 6.94. The number of methoxy groups -OCH3 is 1. The summed E-state index contributed by atoms with van der Waals surface area (Å²) in [5.74, 6) is 0.996. The van der Waals surface area contributed by atoms with Gasteiger partial charge in [0, 0.05) is 6.54 Å². The molecule has 352 valence electrons. The summed E-state index contributed by atoms with van der Waals surface area (Å²) in [5, 5.41) is 0. The zero-order chi connectivity index (χ0) is 44.6. The van der Waals surface area contributed by atoms with Crippen molar-refractivity contribution in [2.24, 2.45) is 0 Å². The van der Waals surface area contributed by atoms with Crippen molar-refractivity contribution in [1.29, 1.82) is 0 Å². The second kappa shape index (κ2) is 62.6. The van der Waals surface area contributed by atoms with Gasteiger partial charge in [0.1, 0.15) is 11.9 Å². The lowest BCUT2D eigenvalue weighted by Gasteiger charge is -2.21. The number of hydrogen-bond donors (Lipinski definition) is 0. The fourth-order valence-corrected chi connectivity index (χ4v) is 6.94. The molecule has 0 amide bonds. The summed E-state index contributed by atoms with van der Waals surface area (Å²) in [6.45, 7) is 24.9. The molecular formula is C53H105NO5. The predicted molar refractivity (Wildman–Crippen MR) is 261 cm³/mol. The van der Waals surface area contributed by atoms with E-state index in [1.165, 1.54) is 199 Å². The Morgan fingerprint density at radius 3 is 1.27 bits per heavy atom. The molecule has 0 atom stereocenters. The minimum Gasteiger partial charge on any atom is -0.497 e. The molecule has 0 unspecified atom stereocenters. The minimum absolute atomic E-state index is 0.171. The van der Waals surface area contributed by atoms with Crippen LogP contribution in [0.25, 0.3) is 0 Å². The van der Waals surface area contributed by atoms with Gasteiger partial charge in [0.25, 0.3) is 12.9 Å². The topological polar surface area (TPSA) is 65.1 Å². The van der Waals surface area contributed by atoms with Crippen molar-refractivity contribution in [3.8, 4) is 0 Å². The third kappa shape index (κ3) is 60.3. The molecule has 0 saturated carbocycles. The Morgan fingerprint density at radius 2 is 0.898 bits per heavy atom. The molecule has 59 heavy (non-hydrogen) atoms. The van der Waals surface area contributed by atoms with Gasteiger partial charge in [-0.25, -0.2) is 0 Å². The number of carbonyl (C=O) groups is 2. The molecule has 0 aliphatic heterocycles. The normalized spacial score (nSPS) is 11.0. The summed E-state index contributed by atoms with van der Waals surface area (Å²) < 4.78 is 15.1. The maximum Gasteiger partial charge on any atom is 0.293 e. The number of rotatable bonds is 43. The molecule has 0 aromatic carbocycles. The Bertz CT molecular complexity index is 784. The van der Waals surface area contributed by atoms with E-state index in [4.69, 9.17) is 9.47 Å². The van der Waals surface area contributed by atoms with Gasteiger partial charge in [-0.3, -0.25) is 9.59 Å². The average Bonchev–Trinajstić information content (AvgIpc) is 3.26. The first-order valence-electron chi connectivity index (χ1n) is 25.3. The molecule has 0 fully saturated rings. The lowest BCUT2D eigenvalue weighted by Crippen LogP contribution is -2.27. The number of unbranched alkanes of at least 4 members (excludes halogenated alkanes) is 24. The van der Waals surface area contributed by atoms with Crippen molar-refractivity contribution in [2.45, 2.75) is 260 Å². The summed E-state index contributed by atoms with van der Waals surface area (Å²) >= 11 is 0. The maximum atomic E-state index is 10.5. The van der Waals surface area contributed by atoms with Gasteiger partial charge in [0.15, 0.2) is 0 Å². The van der Waals surface area contributed by atoms with Crippen molar-refractivity contribution in [3.63, 3.8) is 0 Å². The lowest BCUT2D eigenvalue weighted by atomic mass is 10.0. The van der Waals surface area contributed by atoms with E-state index in [1.807, 2.05) is 0 Å². The zero-order valence-corrected chi connectivity index (χ0v) is 41.0. The van der Waals surface area contributed by atoms with Crippen LogP contribution in [0.3, 0.4) is 0 Å². The van der Waals surface area contributed by atoms with Crippen LogP contribution < -0.4 is 0 Å². The molecule has 0 rings (SSSR count). The quantitative estimate of drug-likeness (QED) is 0.0200. The van der Waals surface area contributed by atoms with Crippen molar-refractivity contribution in [3.05, 3.63) is 37.1 Å². The summed E-state index contributed by atoms with van der Waals surface area (Å²) in [6, 6.07) is 0. The van der Waals surface area contributed by atoms with E-state index in [-0.39, 0.29) is 6.10 Å². The van der Waals surface area contributed by atoms with E-state index >= 15 is 0 Å². The van der Waals surface area contributed by atoms with Crippen LogP contribution >= 0.6 is 0 Å². The second-order valence-corrected chi connectivity index (χ2v) is 16.1.